The van der Waals surface area contributed by atoms with Crippen molar-refractivity contribution in [3.05, 3.63) is 42.2 Å². The van der Waals surface area contributed by atoms with Crippen LogP contribution in [0.5, 0.6) is 5.75 Å². The number of rotatable bonds is 3. The van der Waals surface area contributed by atoms with E-state index < -0.39 is 0 Å². The van der Waals surface area contributed by atoms with Crippen molar-refractivity contribution in [2.24, 2.45) is 0 Å². The Morgan fingerprint density at radius 1 is 1.44 bits per heavy atom. The van der Waals surface area contributed by atoms with Crippen LogP contribution < -0.4 is 10.5 Å². The van der Waals surface area contributed by atoms with Crippen LogP contribution in [0.25, 0.3) is 0 Å². The fourth-order valence-corrected chi connectivity index (χ4v) is 1.42. The van der Waals surface area contributed by atoms with Gasteiger partial charge in [0.25, 0.3) is 0 Å². The monoisotopic (exact) mass is 239 g/mol. The van der Waals surface area contributed by atoms with E-state index >= 15 is 0 Å². The van der Waals surface area contributed by atoms with E-state index in [1.807, 2.05) is 24.3 Å². The first kappa shape index (κ1) is 12.4. The van der Waals surface area contributed by atoms with Crippen LogP contribution in [0.15, 0.2) is 36.7 Å². The number of halogens is 1. The molecule has 0 aliphatic rings. The van der Waals surface area contributed by atoms with Gasteiger partial charge in [0.05, 0.1) is 25.5 Å². The van der Waals surface area contributed by atoms with Gasteiger partial charge >= 0.3 is 0 Å². The van der Waals surface area contributed by atoms with E-state index in [1.165, 1.54) is 0 Å². The maximum absolute atomic E-state index is 5.58. The van der Waals surface area contributed by atoms with Crippen molar-refractivity contribution < 1.29 is 4.74 Å². The number of benzene rings is 1. The van der Waals surface area contributed by atoms with E-state index in [0.717, 1.165) is 11.3 Å². The average molecular weight is 240 g/mol. The number of aromatic nitrogens is 2. The Balaban J connectivity index is 0.00000128. The summed E-state index contributed by atoms with van der Waals surface area (Å²) in [5, 5.41) is 4.12. The van der Waals surface area contributed by atoms with Gasteiger partial charge in [-0.15, -0.1) is 12.4 Å². The summed E-state index contributed by atoms with van der Waals surface area (Å²) < 4.78 is 6.94. The van der Waals surface area contributed by atoms with Gasteiger partial charge in [-0.3, -0.25) is 4.68 Å². The SMILES string of the molecule is COc1cccc(Cn2cc(N)cn2)c1.Cl. The first-order chi connectivity index (χ1) is 7.28. The number of hydrogen-bond acceptors (Lipinski definition) is 3. The molecule has 0 spiro atoms. The molecule has 0 amide bonds. The summed E-state index contributed by atoms with van der Waals surface area (Å²) >= 11 is 0. The summed E-state index contributed by atoms with van der Waals surface area (Å²) in [6.07, 6.45) is 3.44. The summed E-state index contributed by atoms with van der Waals surface area (Å²) in [6, 6.07) is 7.89. The minimum Gasteiger partial charge on any atom is -0.497 e. The molecule has 2 N–H and O–H groups in total. The van der Waals surface area contributed by atoms with Crippen LogP contribution in [-0.2, 0) is 6.54 Å². The van der Waals surface area contributed by atoms with E-state index in [2.05, 4.69) is 5.10 Å². The third kappa shape index (κ3) is 2.90. The highest BCUT2D eigenvalue weighted by atomic mass is 35.5. The molecule has 0 aliphatic carbocycles. The molecular weight excluding hydrogens is 226 g/mol. The zero-order chi connectivity index (χ0) is 10.7. The van der Waals surface area contributed by atoms with Crippen LogP contribution in [0.4, 0.5) is 5.69 Å². The molecule has 0 radical (unpaired) electrons. The van der Waals surface area contributed by atoms with E-state index in [9.17, 15) is 0 Å². The predicted octanol–water partition coefficient (Wildman–Crippen LogP) is 1.94. The van der Waals surface area contributed by atoms with Gasteiger partial charge in [0.1, 0.15) is 5.75 Å². The molecule has 1 aromatic carbocycles. The molecule has 2 aromatic rings. The van der Waals surface area contributed by atoms with Gasteiger partial charge in [-0.05, 0) is 17.7 Å². The normalized spacial score (nSPS) is 9.56. The topological polar surface area (TPSA) is 53.1 Å². The van der Waals surface area contributed by atoms with E-state index in [1.54, 1.807) is 24.2 Å². The Morgan fingerprint density at radius 3 is 2.88 bits per heavy atom. The number of anilines is 1. The molecule has 0 saturated heterocycles. The molecule has 86 valence electrons. The second-order valence-corrected chi connectivity index (χ2v) is 3.32. The molecule has 4 nitrogen and oxygen atoms in total. The van der Waals surface area contributed by atoms with Crippen molar-refractivity contribution in [1.82, 2.24) is 9.78 Å². The molecule has 5 heteroatoms. The Kier molecular flexibility index (Phi) is 4.19. The zero-order valence-electron chi connectivity index (χ0n) is 8.96. The highest BCUT2D eigenvalue weighted by Crippen LogP contribution is 2.13. The maximum atomic E-state index is 5.58. The maximum Gasteiger partial charge on any atom is 0.119 e. The molecule has 0 fully saturated rings. The lowest BCUT2D eigenvalue weighted by molar-refractivity contribution is 0.414. The Bertz CT molecular complexity index is 456. The number of ether oxygens (including phenoxy) is 1. The summed E-state index contributed by atoms with van der Waals surface area (Å²) in [5.74, 6) is 0.854. The van der Waals surface area contributed by atoms with E-state index in [0.29, 0.717) is 12.2 Å². The Hall–Kier alpha value is -1.68. The van der Waals surface area contributed by atoms with Crippen LogP contribution in [0.1, 0.15) is 5.56 Å². The minimum atomic E-state index is 0. The van der Waals surface area contributed by atoms with E-state index in [4.69, 9.17) is 10.5 Å². The third-order valence-electron chi connectivity index (χ3n) is 2.13. The highest BCUT2D eigenvalue weighted by molar-refractivity contribution is 5.85. The first-order valence-electron chi connectivity index (χ1n) is 4.69. The van der Waals surface area contributed by atoms with Crippen molar-refractivity contribution in [2.75, 3.05) is 12.8 Å². The van der Waals surface area contributed by atoms with Gasteiger partial charge in [-0.2, -0.15) is 5.10 Å². The number of nitrogens with two attached hydrogens (primary N) is 1. The fourth-order valence-electron chi connectivity index (χ4n) is 1.42. The first-order valence-corrected chi connectivity index (χ1v) is 4.69. The summed E-state index contributed by atoms with van der Waals surface area (Å²) in [6.45, 7) is 0.703. The largest absolute Gasteiger partial charge is 0.497 e. The standard InChI is InChI=1S/C11H13N3O.ClH/c1-15-11-4-2-3-9(5-11)7-14-8-10(12)6-13-14;/h2-6,8H,7,12H2,1H3;1H. The summed E-state index contributed by atoms with van der Waals surface area (Å²) in [4.78, 5) is 0. The van der Waals surface area contributed by atoms with Crippen LogP contribution in [0, 0.1) is 0 Å². The van der Waals surface area contributed by atoms with Crippen LogP contribution in [0.2, 0.25) is 0 Å². The lowest BCUT2D eigenvalue weighted by Crippen LogP contribution is -2.00. The molecular formula is C11H14ClN3O. The highest BCUT2D eigenvalue weighted by Gasteiger charge is 1.98. The minimum absolute atomic E-state index is 0. The molecule has 0 aliphatic heterocycles. The third-order valence-corrected chi connectivity index (χ3v) is 2.13. The van der Waals surface area contributed by atoms with Crippen LogP contribution >= 0.6 is 12.4 Å². The number of methoxy groups -OCH3 is 1. The molecule has 2 rings (SSSR count). The van der Waals surface area contributed by atoms with Crippen molar-refractivity contribution in [1.29, 1.82) is 0 Å². The molecule has 1 aromatic heterocycles. The number of nitrogens with zero attached hydrogens (tertiary/aromatic N) is 2. The molecule has 0 saturated carbocycles. The Morgan fingerprint density at radius 2 is 2.25 bits per heavy atom. The molecule has 0 bridgehead atoms. The lowest BCUT2D eigenvalue weighted by Gasteiger charge is -2.04. The van der Waals surface area contributed by atoms with Crippen molar-refractivity contribution in [3.63, 3.8) is 0 Å². The zero-order valence-corrected chi connectivity index (χ0v) is 9.78. The predicted molar refractivity (Wildman–Crippen MR) is 66.0 cm³/mol. The smallest absolute Gasteiger partial charge is 0.119 e. The molecule has 16 heavy (non-hydrogen) atoms. The summed E-state index contributed by atoms with van der Waals surface area (Å²) in [5.41, 5.74) is 7.40. The van der Waals surface area contributed by atoms with Gasteiger partial charge in [0.15, 0.2) is 0 Å². The quantitative estimate of drug-likeness (QED) is 0.891. The van der Waals surface area contributed by atoms with Crippen LogP contribution in [-0.4, -0.2) is 16.9 Å². The van der Waals surface area contributed by atoms with Gasteiger partial charge in [-0.25, -0.2) is 0 Å². The van der Waals surface area contributed by atoms with Crippen LogP contribution in [0.3, 0.4) is 0 Å². The summed E-state index contributed by atoms with van der Waals surface area (Å²) in [7, 11) is 1.66. The average Bonchev–Trinajstić information content (AvgIpc) is 2.64. The lowest BCUT2D eigenvalue weighted by atomic mass is 10.2. The number of hydrogen-bond donors (Lipinski definition) is 1. The van der Waals surface area contributed by atoms with Crippen molar-refractivity contribution >= 4 is 18.1 Å². The molecule has 1 heterocycles. The van der Waals surface area contributed by atoms with Gasteiger partial charge in [0.2, 0.25) is 0 Å². The Labute approximate surface area is 100 Å². The molecule has 0 unspecified atom stereocenters. The van der Waals surface area contributed by atoms with Crippen molar-refractivity contribution in [2.45, 2.75) is 6.54 Å². The van der Waals surface area contributed by atoms with Crippen molar-refractivity contribution in [3.8, 4) is 5.75 Å². The van der Waals surface area contributed by atoms with Gasteiger partial charge < -0.3 is 10.5 Å². The van der Waals surface area contributed by atoms with E-state index in [-0.39, 0.29) is 12.4 Å². The second kappa shape index (κ2) is 5.42. The second-order valence-electron chi connectivity index (χ2n) is 3.32. The van der Waals surface area contributed by atoms with Gasteiger partial charge in [0, 0.05) is 6.20 Å². The number of nitrogen functional groups attached to an aromatic ring is 1. The van der Waals surface area contributed by atoms with Gasteiger partial charge in [-0.1, -0.05) is 12.1 Å². The molecule has 0 atom stereocenters. The fraction of sp³-hybridized carbons (Fsp3) is 0.182.